The highest BCUT2D eigenvalue weighted by Crippen LogP contribution is 2.31. The second-order valence-corrected chi connectivity index (χ2v) is 8.64. The molecule has 8 heteroatoms. The molecule has 1 aliphatic rings. The number of nitrogens with one attached hydrogen (secondary N) is 2. The van der Waals surface area contributed by atoms with Crippen molar-refractivity contribution in [1.82, 2.24) is 14.8 Å². The van der Waals surface area contributed by atoms with E-state index in [0.29, 0.717) is 28.5 Å². The van der Waals surface area contributed by atoms with Crippen LogP contribution < -0.4 is 10.9 Å². The van der Waals surface area contributed by atoms with E-state index in [-0.39, 0.29) is 11.5 Å². The molecule has 3 aromatic rings. The number of amides is 1. The number of thioether (sulfide) groups is 1. The number of aromatic nitrogens is 3. The Kier molecular flexibility index (Phi) is 6.23. The zero-order valence-electron chi connectivity index (χ0n) is 17.2. The second kappa shape index (κ2) is 9.23. The zero-order valence-corrected chi connectivity index (χ0v) is 18.0. The summed E-state index contributed by atoms with van der Waals surface area (Å²) in [5.74, 6) is 0.0918. The van der Waals surface area contributed by atoms with Crippen LogP contribution >= 0.6 is 11.8 Å². The van der Waals surface area contributed by atoms with Crippen molar-refractivity contribution < 1.29 is 4.79 Å². The van der Waals surface area contributed by atoms with E-state index < -0.39 is 5.25 Å². The van der Waals surface area contributed by atoms with Gasteiger partial charge in [-0.15, -0.1) is 0 Å². The summed E-state index contributed by atoms with van der Waals surface area (Å²) in [5, 5.41) is 15.5. The first-order chi connectivity index (χ1) is 15.1. The summed E-state index contributed by atoms with van der Waals surface area (Å²) in [6, 6.07) is 14.7. The third-order valence-corrected chi connectivity index (χ3v) is 6.66. The number of benzene rings is 1. The quantitative estimate of drug-likeness (QED) is 0.575. The molecule has 1 unspecified atom stereocenters. The van der Waals surface area contributed by atoms with Crippen molar-refractivity contribution in [1.29, 1.82) is 5.26 Å². The Morgan fingerprint density at radius 2 is 2.06 bits per heavy atom. The van der Waals surface area contributed by atoms with Crippen LogP contribution in [0.1, 0.15) is 43.0 Å². The molecule has 0 fully saturated rings. The lowest BCUT2D eigenvalue weighted by molar-refractivity contribution is -0.115. The fourth-order valence-corrected chi connectivity index (χ4v) is 4.68. The number of pyridine rings is 1. The molecule has 1 aromatic carbocycles. The maximum Gasteiger partial charge on any atom is 0.273 e. The number of para-hydroxylation sites is 1. The lowest BCUT2D eigenvalue weighted by atomic mass is 9.95. The van der Waals surface area contributed by atoms with Crippen molar-refractivity contribution >= 4 is 23.5 Å². The van der Waals surface area contributed by atoms with E-state index in [9.17, 15) is 14.9 Å². The van der Waals surface area contributed by atoms with E-state index in [1.807, 2.05) is 31.2 Å². The van der Waals surface area contributed by atoms with Crippen molar-refractivity contribution in [2.75, 3.05) is 5.32 Å². The predicted molar refractivity (Wildman–Crippen MR) is 121 cm³/mol. The van der Waals surface area contributed by atoms with Gasteiger partial charge in [0.05, 0.1) is 16.5 Å². The van der Waals surface area contributed by atoms with Gasteiger partial charge in [-0.25, -0.2) is 9.67 Å². The van der Waals surface area contributed by atoms with Crippen LogP contribution in [0.5, 0.6) is 0 Å². The Morgan fingerprint density at radius 3 is 2.81 bits per heavy atom. The molecule has 2 N–H and O–H groups in total. The zero-order chi connectivity index (χ0) is 21.8. The lowest BCUT2D eigenvalue weighted by Gasteiger charge is -2.18. The van der Waals surface area contributed by atoms with E-state index in [1.165, 1.54) is 22.5 Å². The van der Waals surface area contributed by atoms with Gasteiger partial charge in [-0.05, 0) is 55.9 Å². The summed E-state index contributed by atoms with van der Waals surface area (Å²) in [6.07, 6.45) is 4.63. The van der Waals surface area contributed by atoms with Crippen molar-refractivity contribution in [3.05, 3.63) is 69.6 Å². The van der Waals surface area contributed by atoms with Crippen LogP contribution in [0.4, 0.5) is 5.82 Å². The van der Waals surface area contributed by atoms with Crippen molar-refractivity contribution in [3.8, 4) is 11.8 Å². The number of fused-ring (bicyclic) bond motifs is 1. The largest absolute Gasteiger partial charge is 0.310 e. The molecule has 0 spiro atoms. The third kappa shape index (κ3) is 4.57. The Morgan fingerprint density at radius 1 is 1.29 bits per heavy atom. The van der Waals surface area contributed by atoms with Crippen LogP contribution in [0, 0.1) is 11.3 Å². The number of carbonyl (C=O) groups is 1. The third-order valence-electron chi connectivity index (χ3n) is 5.30. The number of nitrogens with zero attached hydrogens (tertiary/aromatic N) is 3. The highest BCUT2D eigenvalue weighted by Gasteiger charge is 2.23. The van der Waals surface area contributed by atoms with E-state index in [4.69, 9.17) is 4.98 Å². The van der Waals surface area contributed by atoms with Crippen LogP contribution in [0.25, 0.3) is 5.69 Å². The smallest absolute Gasteiger partial charge is 0.273 e. The standard InChI is InChI=1S/C23H23N5O2S/c1-2-19(31-23-16(14-24)12-15-8-6-7-11-18(15)25-23)22(30)26-20-13-21(29)28(27-20)17-9-4-3-5-10-17/h3-5,9-10,12-13,19,27H,2,6-8,11H2,1H3,(H,26,30). The number of anilines is 1. The van der Waals surface area contributed by atoms with Gasteiger partial charge in [0, 0.05) is 11.8 Å². The van der Waals surface area contributed by atoms with E-state index in [1.54, 1.807) is 12.1 Å². The lowest BCUT2D eigenvalue weighted by Crippen LogP contribution is -2.25. The van der Waals surface area contributed by atoms with Gasteiger partial charge in [0.2, 0.25) is 5.91 Å². The number of hydrogen-bond acceptors (Lipinski definition) is 5. The first-order valence-electron chi connectivity index (χ1n) is 10.4. The minimum Gasteiger partial charge on any atom is -0.310 e. The van der Waals surface area contributed by atoms with Crippen molar-refractivity contribution in [2.24, 2.45) is 0 Å². The van der Waals surface area contributed by atoms with E-state index in [0.717, 1.165) is 36.9 Å². The summed E-state index contributed by atoms with van der Waals surface area (Å²) < 4.78 is 1.38. The number of H-pyrrole nitrogens is 1. The number of carbonyl (C=O) groups excluding carboxylic acids is 1. The van der Waals surface area contributed by atoms with Crippen LogP contribution in [0.3, 0.4) is 0 Å². The summed E-state index contributed by atoms with van der Waals surface area (Å²) >= 11 is 1.30. The van der Waals surface area contributed by atoms with Crippen LogP contribution in [0.15, 0.2) is 52.3 Å². The fraction of sp³-hybridized carbons (Fsp3) is 0.304. The van der Waals surface area contributed by atoms with Gasteiger partial charge in [0.25, 0.3) is 5.56 Å². The Balaban J connectivity index is 1.52. The number of aryl methyl sites for hydroxylation is 2. The van der Waals surface area contributed by atoms with Crippen molar-refractivity contribution in [3.63, 3.8) is 0 Å². The Hall–Kier alpha value is -3.31. The molecule has 0 aliphatic heterocycles. The molecule has 0 saturated heterocycles. The summed E-state index contributed by atoms with van der Waals surface area (Å²) in [6.45, 7) is 1.92. The molecular formula is C23H23N5O2S. The van der Waals surface area contributed by atoms with Gasteiger partial charge in [0.15, 0.2) is 0 Å². The molecule has 0 saturated carbocycles. The number of nitriles is 1. The Bertz CT molecular complexity index is 1190. The highest BCUT2D eigenvalue weighted by atomic mass is 32.2. The fourth-order valence-electron chi connectivity index (χ4n) is 3.68. The predicted octanol–water partition coefficient (Wildman–Crippen LogP) is 3.82. The molecule has 1 amide bonds. The van der Waals surface area contributed by atoms with Crippen LogP contribution in [0.2, 0.25) is 0 Å². The number of aromatic amines is 1. The monoisotopic (exact) mass is 433 g/mol. The summed E-state index contributed by atoms with van der Waals surface area (Å²) in [5.41, 5.74) is 3.12. The molecule has 158 valence electrons. The molecule has 0 bridgehead atoms. The Labute approximate surface area is 184 Å². The molecular weight excluding hydrogens is 410 g/mol. The SMILES string of the molecule is CCC(Sc1nc2c(cc1C#N)CCCC2)C(=O)Nc1cc(=O)n(-c2ccccc2)[nH]1. The topological polar surface area (TPSA) is 104 Å². The van der Waals surface area contributed by atoms with Crippen LogP contribution in [-0.2, 0) is 17.6 Å². The van der Waals surface area contributed by atoms with Gasteiger partial charge in [0.1, 0.15) is 16.9 Å². The number of rotatable bonds is 6. The van der Waals surface area contributed by atoms with Gasteiger partial charge in [-0.3, -0.25) is 14.7 Å². The minimum absolute atomic E-state index is 0.239. The first kappa shape index (κ1) is 20.9. The summed E-state index contributed by atoms with van der Waals surface area (Å²) in [7, 11) is 0. The molecule has 0 radical (unpaired) electrons. The number of hydrogen-bond donors (Lipinski definition) is 2. The summed E-state index contributed by atoms with van der Waals surface area (Å²) in [4.78, 5) is 29.9. The molecule has 2 heterocycles. The van der Waals surface area contributed by atoms with Gasteiger partial charge in [-0.1, -0.05) is 36.9 Å². The van der Waals surface area contributed by atoms with E-state index in [2.05, 4.69) is 16.5 Å². The molecule has 2 aromatic heterocycles. The average molecular weight is 434 g/mol. The van der Waals surface area contributed by atoms with Gasteiger partial charge < -0.3 is 5.32 Å². The van der Waals surface area contributed by atoms with Crippen molar-refractivity contribution in [2.45, 2.75) is 49.3 Å². The second-order valence-electron chi connectivity index (χ2n) is 7.45. The average Bonchev–Trinajstić information content (AvgIpc) is 3.17. The van der Waals surface area contributed by atoms with Gasteiger partial charge in [-0.2, -0.15) is 5.26 Å². The maximum atomic E-state index is 12.9. The molecule has 7 nitrogen and oxygen atoms in total. The molecule has 1 aliphatic carbocycles. The van der Waals surface area contributed by atoms with Crippen LogP contribution in [-0.4, -0.2) is 25.9 Å². The maximum absolute atomic E-state index is 12.9. The molecule has 1 atom stereocenters. The van der Waals surface area contributed by atoms with Gasteiger partial charge >= 0.3 is 0 Å². The minimum atomic E-state index is -0.440. The normalized spacial score (nSPS) is 13.8. The highest BCUT2D eigenvalue weighted by molar-refractivity contribution is 8.00. The van der Waals surface area contributed by atoms with E-state index >= 15 is 0 Å². The first-order valence-corrected chi connectivity index (χ1v) is 11.2. The molecule has 31 heavy (non-hydrogen) atoms. The molecule has 4 rings (SSSR count).